The van der Waals surface area contributed by atoms with E-state index in [2.05, 4.69) is 4.99 Å². The lowest BCUT2D eigenvalue weighted by Gasteiger charge is -2.14. The number of aliphatic hydroxyl groups excluding tert-OH is 1. The van der Waals surface area contributed by atoms with Gasteiger partial charge >= 0.3 is 0 Å². The Morgan fingerprint density at radius 2 is 1.75 bits per heavy atom. The predicted molar refractivity (Wildman–Crippen MR) is 90.7 cm³/mol. The molecule has 0 aliphatic carbocycles. The highest BCUT2D eigenvalue weighted by atomic mass is 19.1. The van der Waals surface area contributed by atoms with E-state index in [4.69, 9.17) is 5.11 Å². The first kappa shape index (κ1) is 15.9. The number of aromatic hydroxyl groups is 1. The monoisotopic (exact) mass is 326 g/mol. The Balaban J connectivity index is 2.39. The molecule has 0 fully saturated rings. The number of rotatable bonds is 4. The highest BCUT2D eigenvalue weighted by Crippen LogP contribution is 2.26. The number of para-hydroxylation sites is 1. The highest BCUT2D eigenvalue weighted by molar-refractivity contribution is 6.01. The Bertz CT molecular complexity index is 980. The van der Waals surface area contributed by atoms with Gasteiger partial charge in [0.25, 0.3) is 5.56 Å². The smallest absolute Gasteiger partial charge is 0.265 e. The van der Waals surface area contributed by atoms with E-state index in [0.29, 0.717) is 16.3 Å². The van der Waals surface area contributed by atoms with Gasteiger partial charge in [0.1, 0.15) is 5.82 Å². The van der Waals surface area contributed by atoms with E-state index in [1.165, 1.54) is 24.4 Å². The molecule has 24 heavy (non-hydrogen) atoms. The van der Waals surface area contributed by atoms with Gasteiger partial charge in [0.2, 0.25) is 5.88 Å². The zero-order valence-electron chi connectivity index (χ0n) is 12.7. The van der Waals surface area contributed by atoms with E-state index >= 15 is 0 Å². The minimum absolute atomic E-state index is 0.0393. The van der Waals surface area contributed by atoms with Crippen LogP contribution in [0.5, 0.6) is 5.88 Å². The van der Waals surface area contributed by atoms with Crippen molar-refractivity contribution >= 4 is 17.0 Å². The number of aliphatic hydroxyl groups is 1. The molecule has 0 saturated carbocycles. The molecule has 0 radical (unpaired) electrons. The molecular weight excluding hydrogens is 311 g/mol. The average molecular weight is 326 g/mol. The predicted octanol–water partition coefficient (Wildman–Crippen LogP) is 2.25. The molecule has 5 nitrogen and oxygen atoms in total. The molecule has 0 saturated heterocycles. The molecule has 2 N–H and O–H groups in total. The topological polar surface area (TPSA) is 74.8 Å². The maximum atomic E-state index is 14.1. The summed E-state index contributed by atoms with van der Waals surface area (Å²) in [6.07, 6.45) is 1.38. The number of hydrogen-bond acceptors (Lipinski definition) is 4. The van der Waals surface area contributed by atoms with E-state index in [1.54, 1.807) is 30.3 Å². The first-order chi connectivity index (χ1) is 11.6. The van der Waals surface area contributed by atoms with Crippen LogP contribution >= 0.6 is 0 Å². The van der Waals surface area contributed by atoms with Gasteiger partial charge in [-0.25, -0.2) is 8.96 Å². The van der Waals surface area contributed by atoms with Crippen LogP contribution in [0.15, 0.2) is 58.3 Å². The van der Waals surface area contributed by atoms with Crippen molar-refractivity contribution in [2.45, 2.75) is 0 Å². The summed E-state index contributed by atoms with van der Waals surface area (Å²) in [5.41, 5.74) is -0.267. The number of nitrogens with zero attached hydrogens (tertiary/aromatic N) is 2. The van der Waals surface area contributed by atoms with Crippen molar-refractivity contribution in [2.75, 3.05) is 13.2 Å². The van der Waals surface area contributed by atoms with Crippen molar-refractivity contribution in [3.8, 4) is 11.6 Å². The molecule has 122 valence electrons. The summed E-state index contributed by atoms with van der Waals surface area (Å²) in [7, 11) is 0. The van der Waals surface area contributed by atoms with Crippen molar-refractivity contribution < 1.29 is 14.6 Å². The molecular formula is C18H15FN2O3. The fourth-order valence-electron chi connectivity index (χ4n) is 2.56. The van der Waals surface area contributed by atoms with Crippen molar-refractivity contribution in [2.24, 2.45) is 4.99 Å². The van der Waals surface area contributed by atoms with E-state index in [9.17, 15) is 14.3 Å². The molecule has 2 aromatic carbocycles. The van der Waals surface area contributed by atoms with Crippen molar-refractivity contribution in [1.82, 2.24) is 4.57 Å². The van der Waals surface area contributed by atoms with Gasteiger partial charge < -0.3 is 10.2 Å². The third-order valence-electron chi connectivity index (χ3n) is 3.65. The average Bonchev–Trinajstić information content (AvgIpc) is 2.60. The van der Waals surface area contributed by atoms with Crippen molar-refractivity contribution in [1.29, 1.82) is 0 Å². The van der Waals surface area contributed by atoms with Crippen molar-refractivity contribution in [3.63, 3.8) is 0 Å². The summed E-state index contributed by atoms with van der Waals surface area (Å²) in [6, 6.07) is 12.4. The van der Waals surface area contributed by atoms with Gasteiger partial charge in [-0.1, -0.05) is 30.3 Å². The first-order valence-corrected chi connectivity index (χ1v) is 7.37. The van der Waals surface area contributed by atoms with Crippen LogP contribution in [0.25, 0.3) is 16.5 Å². The number of aliphatic imine (C=N–C) groups is 1. The SMILES string of the molecule is O=c1c2ccccc2c(C=NCCO)c(O)n1-c1ccccc1F. The van der Waals surface area contributed by atoms with Gasteiger partial charge in [-0.2, -0.15) is 0 Å². The van der Waals surface area contributed by atoms with Crippen LogP contribution in [0.3, 0.4) is 0 Å². The van der Waals surface area contributed by atoms with Gasteiger partial charge in [0.05, 0.1) is 24.4 Å². The second-order valence-electron chi connectivity index (χ2n) is 5.13. The number of hydrogen-bond donors (Lipinski definition) is 2. The normalized spacial score (nSPS) is 11.4. The van der Waals surface area contributed by atoms with Crippen LogP contribution in [0.1, 0.15) is 5.56 Å². The molecule has 1 heterocycles. The van der Waals surface area contributed by atoms with Crippen LogP contribution in [0.2, 0.25) is 0 Å². The van der Waals surface area contributed by atoms with Crippen molar-refractivity contribution in [3.05, 3.63) is 70.3 Å². The number of halogens is 1. The second kappa shape index (κ2) is 6.64. The largest absolute Gasteiger partial charge is 0.494 e. The Morgan fingerprint density at radius 3 is 2.46 bits per heavy atom. The summed E-state index contributed by atoms with van der Waals surface area (Å²) >= 11 is 0. The van der Waals surface area contributed by atoms with Crippen LogP contribution in [0.4, 0.5) is 4.39 Å². The first-order valence-electron chi connectivity index (χ1n) is 7.37. The lowest BCUT2D eigenvalue weighted by Crippen LogP contribution is -2.21. The minimum atomic E-state index is -0.622. The lowest BCUT2D eigenvalue weighted by molar-refractivity contribution is 0.307. The standard InChI is InChI=1S/C18H15FN2O3/c19-15-7-3-4-8-16(15)21-17(23)13-6-2-1-5-12(13)14(18(21)24)11-20-9-10-22/h1-8,11,22,24H,9-10H2. The van der Waals surface area contributed by atoms with Gasteiger partial charge in [-0.15, -0.1) is 0 Å². The maximum absolute atomic E-state index is 14.1. The fraction of sp³-hybridized carbons (Fsp3) is 0.111. The zero-order chi connectivity index (χ0) is 17.1. The Morgan fingerprint density at radius 1 is 1.08 bits per heavy atom. The summed E-state index contributed by atoms with van der Waals surface area (Å²) in [6.45, 7) is 0.0226. The summed E-state index contributed by atoms with van der Waals surface area (Å²) in [5, 5.41) is 20.3. The third-order valence-corrected chi connectivity index (χ3v) is 3.65. The number of pyridine rings is 1. The molecule has 6 heteroatoms. The van der Waals surface area contributed by atoms with E-state index < -0.39 is 17.3 Å². The molecule has 3 rings (SSSR count). The fourth-order valence-corrected chi connectivity index (χ4v) is 2.56. The van der Waals surface area contributed by atoms with Gasteiger partial charge in [0.15, 0.2) is 0 Å². The number of benzene rings is 2. The van der Waals surface area contributed by atoms with Gasteiger partial charge in [0, 0.05) is 17.0 Å². The summed E-state index contributed by atoms with van der Waals surface area (Å²) < 4.78 is 15.1. The molecule has 0 unspecified atom stereocenters. The van der Waals surface area contributed by atoms with Crippen LogP contribution in [0, 0.1) is 5.82 Å². The lowest BCUT2D eigenvalue weighted by atomic mass is 10.1. The van der Waals surface area contributed by atoms with Crippen LogP contribution < -0.4 is 5.56 Å². The Kier molecular flexibility index (Phi) is 4.39. The number of aromatic nitrogens is 1. The quantitative estimate of drug-likeness (QED) is 0.722. The molecule has 1 aromatic heterocycles. The summed E-state index contributed by atoms with van der Waals surface area (Å²) in [4.78, 5) is 16.7. The maximum Gasteiger partial charge on any atom is 0.265 e. The molecule has 0 bridgehead atoms. The molecule has 0 aliphatic heterocycles. The summed E-state index contributed by atoms with van der Waals surface area (Å²) in [5.74, 6) is -1.02. The third kappa shape index (κ3) is 2.68. The van der Waals surface area contributed by atoms with Crippen LogP contribution in [-0.4, -0.2) is 34.1 Å². The Labute approximate surface area is 137 Å². The second-order valence-corrected chi connectivity index (χ2v) is 5.13. The van der Waals surface area contributed by atoms with E-state index in [1.807, 2.05) is 0 Å². The number of fused-ring (bicyclic) bond motifs is 1. The minimum Gasteiger partial charge on any atom is -0.494 e. The molecule has 0 spiro atoms. The molecule has 0 atom stereocenters. The Hall–Kier alpha value is -2.99. The molecule has 0 amide bonds. The molecule has 0 aliphatic rings. The zero-order valence-corrected chi connectivity index (χ0v) is 12.7. The highest BCUT2D eigenvalue weighted by Gasteiger charge is 2.17. The van der Waals surface area contributed by atoms with E-state index in [0.717, 1.165) is 4.57 Å². The van der Waals surface area contributed by atoms with Gasteiger partial charge in [-0.3, -0.25) is 9.79 Å². The molecule has 3 aromatic rings. The van der Waals surface area contributed by atoms with Gasteiger partial charge in [-0.05, 0) is 18.2 Å². The van der Waals surface area contributed by atoms with Crippen LogP contribution in [-0.2, 0) is 0 Å². The van der Waals surface area contributed by atoms with E-state index in [-0.39, 0.29) is 18.8 Å².